The van der Waals surface area contributed by atoms with Gasteiger partial charge in [-0.05, 0) is 26.0 Å². The molecule has 0 saturated heterocycles. The molecule has 0 aliphatic rings. The minimum absolute atomic E-state index is 0.0977. The Kier molecular flexibility index (Phi) is 4.97. The maximum absolute atomic E-state index is 11.6. The minimum atomic E-state index is -0.403. The number of ether oxygens (including phenoxy) is 1. The topological polar surface area (TPSA) is 76.4 Å². The second-order valence-electron chi connectivity index (χ2n) is 4.82. The van der Waals surface area contributed by atoms with Crippen LogP contribution >= 0.6 is 0 Å². The molecule has 0 fully saturated rings. The second-order valence-corrected chi connectivity index (χ2v) is 4.82. The van der Waals surface area contributed by atoms with Gasteiger partial charge < -0.3 is 21.1 Å². The van der Waals surface area contributed by atoms with E-state index in [2.05, 4.69) is 10.6 Å². The number of amides is 1. The highest BCUT2D eigenvalue weighted by Crippen LogP contribution is 2.22. The highest BCUT2D eigenvalue weighted by atomic mass is 16.5. The smallest absolute Gasteiger partial charge is 0.239 e. The fourth-order valence-electron chi connectivity index (χ4n) is 1.36. The number of carbonyl (C=O) groups excluding carboxylic acids is 1. The number of anilines is 1. The van der Waals surface area contributed by atoms with E-state index >= 15 is 0 Å². The van der Waals surface area contributed by atoms with Crippen LogP contribution in [-0.2, 0) is 4.79 Å². The number of benzene rings is 1. The summed E-state index contributed by atoms with van der Waals surface area (Å²) in [5, 5.41) is 5.79. The normalized spacial score (nSPS) is 10.9. The molecule has 0 spiro atoms. The number of nitrogens with one attached hydrogen (secondary N) is 2. The Morgan fingerprint density at radius 2 is 2.06 bits per heavy atom. The zero-order valence-electron chi connectivity index (χ0n) is 11.1. The number of carbonyl (C=O) groups is 1. The maximum atomic E-state index is 11.6. The van der Waals surface area contributed by atoms with Crippen LogP contribution in [-0.4, -0.2) is 31.6 Å². The molecule has 1 amide bonds. The van der Waals surface area contributed by atoms with Crippen molar-refractivity contribution >= 4 is 11.6 Å². The van der Waals surface area contributed by atoms with Gasteiger partial charge in [0.15, 0.2) is 0 Å². The molecule has 0 atom stereocenters. The lowest BCUT2D eigenvalue weighted by atomic mass is 10.1. The van der Waals surface area contributed by atoms with Crippen LogP contribution in [0.4, 0.5) is 5.69 Å². The highest BCUT2D eigenvalue weighted by Gasteiger charge is 2.12. The van der Waals surface area contributed by atoms with Crippen molar-refractivity contribution in [2.75, 3.05) is 25.5 Å². The van der Waals surface area contributed by atoms with Gasteiger partial charge in [-0.3, -0.25) is 4.79 Å². The molecule has 0 aromatic heterocycles. The van der Waals surface area contributed by atoms with Crippen molar-refractivity contribution in [1.82, 2.24) is 5.32 Å². The summed E-state index contributed by atoms with van der Waals surface area (Å²) in [5.41, 5.74) is 6.17. The number of hydrogen-bond donors (Lipinski definition) is 3. The van der Waals surface area contributed by atoms with Crippen molar-refractivity contribution in [3.05, 3.63) is 24.3 Å². The molecule has 18 heavy (non-hydrogen) atoms. The lowest BCUT2D eigenvalue weighted by Crippen LogP contribution is -2.46. The molecule has 1 aromatic carbocycles. The summed E-state index contributed by atoms with van der Waals surface area (Å²) in [6.45, 7) is 4.36. The van der Waals surface area contributed by atoms with Crippen molar-refractivity contribution in [3.63, 3.8) is 0 Å². The average molecular weight is 251 g/mol. The first-order valence-corrected chi connectivity index (χ1v) is 5.85. The second kappa shape index (κ2) is 6.26. The van der Waals surface area contributed by atoms with Crippen LogP contribution < -0.4 is 21.1 Å². The molecule has 0 saturated carbocycles. The lowest BCUT2D eigenvalue weighted by Gasteiger charge is -2.19. The monoisotopic (exact) mass is 251 g/mol. The molecule has 1 rings (SSSR count). The van der Waals surface area contributed by atoms with Gasteiger partial charge in [0.1, 0.15) is 5.75 Å². The van der Waals surface area contributed by atoms with Crippen LogP contribution in [0.15, 0.2) is 24.3 Å². The molecule has 0 heterocycles. The van der Waals surface area contributed by atoms with E-state index in [4.69, 9.17) is 10.5 Å². The average Bonchev–Trinajstić information content (AvgIpc) is 2.33. The van der Waals surface area contributed by atoms with Crippen molar-refractivity contribution < 1.29 is 9.53 Å². The first kappa shape index (κ1) is 14.3. The summed E-state index contributed by atoms with van der Waals surface area (Å²) < 4.78 is 5.18. The number of rotatable bonds is 6. The van der Waals surface area contributed by atoms with Gasteiger partial charge in [0.2, 0.25) is 5.91 Å². The number of methoxy groups -OCH3 is 1. The number of para-hydroxylation sites is 2. The van der Waals surface area contributed by atoms with Crippen LogP contribution in [0.1, 0.15) is 13.8 Å². The number of nitrogens with two attached hydrogens (primary N) is 1. The summed E-state index contributed by atoms with van der Waals surface area (Å²) in [6, 6.07) is 7.45. The molecule has 4 N–H and O–H groups in total. The van der Waals surface area contributed by atoms with Gasteiger partial charge in [0, 0.05) is 12.1 Å². The van der Waals surface area contributed by atoms with Crippen LogP contribution in [0.25, 0.3) is 0 Å². The lowest BCUT2D eigenvalue weighted by molar-refractivity contribution is -0.119. The first-order valence-electron chi connectivity index (χ1n) is 5.85. The van der Waals surface area contributed by atoms with Crippen LogP contribution in [0.3, 0.4) is 0 Å². The Bertz CT molecular complexity index is 399. The molecule has 0 radical (unpaired) electrons. The third kappa shape index (κ3) is 5.05. The highest BCUT2D eigenvalue weighted by molar-refractivity contribution is 5.81. The van der Waals surface area contributed by atoms with Crippen LogP contribution in [0.2, 0.25) is 0 Å². The quantitative estimate of drug-likeness (QED) is 0.704. The summed E-state index contributed by atoms with van der Waals surface area (Å²) >= 11 is 0. The van der Waals surface area contributed by atoms with E-state index in [0.29, 0.717) is 12.3 Å². The van der Waals surface area contributed by atoms with E-state index in [0.717, 1.165) is 5.69 Å². The van der Waals surface area contributed by atoms with E-state index in [1.54, 1.807) is 7.11 Å². The summed E-state index contributed by atoms with van der Waals surface area (Å²) in [7, 11) is 1.59. The molecule has 0 aliphatic carbocycles. The molecular weight excluding hydrogens is 230 g/mol. The predicted molar refractivity (Wildman–Crippen MR) is 72.8 cm³/mol. The Morgan fingerprint density at radius 3 is 2.67 bits per heavy atom. The van der Waals surface area contributed by atoms with Gasteiger partial charge in [-0.25, -0.2) is 0 Å². The number of hydrogen-bond acceptors (Lipinski definition) is 4. The standard InChI is InChI=1S/C13H21N3O2/c1-13(2,14)9-16-12(17)8-15-10-6-4-5-7-11(10)18-3/h4-7,15H,8-9,14H2,1-3H3,(H,16,17). The van der Waals surface area contributed by atoms with Crippen LogP contribution in [0, 0.1) is 0 Å². The predicted octanol–water partition coefficient (Wildman–Crippen LogP) is 0.961. The van der Waals surface area contributed by atoms with Crippen molar-refractivity contribution in [2.24, 2.45) is 5.73 Å². The van der Waals surface area contributed by atoms with E-state index in [1.165, 1.54) is 0 Å². The van der Waals surface area contributed by atoms with Crippen molar-refractivity contribution in [2.45, 2.75) is 19.4 Å². The van der Waals surface area contributed by atoms with E-state index in [-0.39, 0.29) is 12.5 Å². The molecule has 5 nitrogen and oxygen atoms in total. The van der Waals surface area contributed by atoms with Gasteiger partial charge in [0.25, 0.3) is 0 Å². The molecule has 5 heteroatoms. The van der Waals surface area contributed by atoms with Gasteiger partial charge in [-0.1, -0.05) is 12.1 Å². The Hall–Kier alpha value is -1.75. The van der Waals surface area contributed by atoms with Gasteiger partial charge >= 0.3 is 0 Å². The first-order chi connectivity index (χ1) is 8.42. The van der Waals surface area contributed by atoms with E-state index in [1.807, 2.05) is 38.1 Å². The molecule has 0 bridgehead atoms. The summed E-state index contributed by atoms with van der Waals surface area (Å²) in [4.78, 5) is 11.6. The van der Waals surface area contributed by atoms with E-state index < -0.39 is 5.54 Å². The fraction of sp³-hybridized carbons (Fsp3) is 0.462. The van der Waals surface area contributed by atoms with Crippen LogP contribution in [0.5, 0.6) is 5.75 Å². The Labute approximate surface area is 108 Å². The molecule has 0 aliphatic heterocycles. The largest absolute Gasteiger partial charge is 0.495 e. The van der Waals surface area contributed by atoms with Gasteiger partial charge in [-0.15, -0.1) is 0 Å². The van der Waals surface area contributed by atoms with E-state index in [9.17, 15) is 4.79 Å². The SMILES string of the molecule is COc1ccccc1NCC(=O)NCC(C)(C)N. The zero-order chi connectivity index (χ0) is 13.6. The Balaban J connectivity index is 2.43. The van der Waals surface area contributed by atoms with Crippen molar-refractivity contribution in [3.8, 4) is 5.75 Å². The molecule has 100 valence electrons. The third-order valence-corrected chi connectivity index (χ3v) is 2.29. The summed E-state index contributed by atoms with van der Waals surface area (Å²) in [5.74, 6) is 0.615. The minimum Gasteiger partial charge on any atom is -0.495 e. The summed E-state index contributed by atoms with van der Waals surface area (Å²) in [6.07, 6.45) is 0. The third-order valence-electron chi connectivity index (χ3n) is 2.29. The molecule has 0 unspecified atom stereocenters. The molecule has 1 aromatic rings. The Morgan fingerprint density at radius 1 is 1.39 bits per heavy atom. The maximum Gasteiger partial charge on any atom is 0.239 e. The molecular formula is C13H21N3O2. The van der Waals surface area contributed by atoms with Gasteiger partial charge in [-0.2, -0.15) is 0 Å². The fourth-order valence-corrected chi connectivity index (χ4v) is 1.36. The zero-order valence-corrected chi connectivity index (χ0v) is 11.1. The van der Waals surface area contributed by atoms with Gasteiger partial charge in [0.05, 0.1) is 19.3 Å². The van der Waals surface area contributed by atoms with Crippen molar-refractivity contribution in [1.29, 1.82) is 0 Å².